The van der Waals surface area contributed by atoms with Gasteiger partial charge in [-0.2, -0.15) is 13.9 Å². The van der Waals surface area contributed by atoms with Crippen LogP contribution in [-0.4, -0.2) is 22.9 Å². The number of aromatic nitrogens is 2. The van der Waals surface area contributed by atoms with Gasteiger partial charge >= 0.3 is 6.61 Å². The van der Waals surface area contributed by atoms with E-state index >= 15 is 0 Å². The Labute approximate surface area is 122 Å². The van der Waals surface area contributed by atoms with Crippen molar-refractivity contribution in [3.63, 3.8) is 0 Å². The molecule has 1 unspecified atom stereocenters. The third-order valence-electron chi connectivity index (χ3n) is 3.14. The third kappa shape index (κ3) is 4.53. The van der Waals surface area contributed by atoms with E-state index in [4.69, 9.17) is 0 Å². The van der Waals surface area contributed by atoms with Crippen molar-refractivity contribution < 1.29 is 13.5 Å². The molecule has 0 radical (unpaired) electrons. The molecule has 0 aliphatic heterocycles. The number of alkyl halides is 2. The van der Waals surface area contributed by atoms with Crippen LogP contribution in [0, 0.1) is 0 Å². The molecule has 1 heterocycles. The summed E-state index contributed by atoms with van der Waals surface area (Å²) in [5.41, 5.74) is 2.00. The maximum Gasteiger partial charge on any atom is 0.387 e. The molecule has 21 heavy (non-hydrogen) atoms. The number of ether oxygens (including phenoxy) is 1. The highest BCUT2D eigenvalue weighted by Crippen LogP contribution is 2.21. The Hall–Kier alpha value is -1.95. The molecule has 0 fully saturated rings. The zero-order chi connectivity index (χ0) is 15.2. The molecule has 1 aromatic carbocycles. The van der Waals surface area contributed by atoms with E-state index in [1.165, 1.54) is 0 Å². The number of hydrogen-bond donors (Lipinski definition) is 1. The van der Waals surface area contributed by atoms with Gasteiger partial charge in [0.05, 0.1) is 5.69 Å². The number of hydrogen-bond acceptors (Lipinski definition) is 3. The quantitative estimate of drug-likeness (QED) is 0.853. The molecule has 0 aliphatic carbocycles. The number of nitrogens with zero attached hydrogens (tertiary/aromatic N) is 2. The van der Waals surface area contributed by atoms with Crippen LogP contribution >= 0.6 is 0 Å². The van der Waals surface area contributed by atoms with Crippen LogP contribution in [0.1, 0.15) is 24.2 Å². The van der Waals surface area contributed by atoms with Gasteiger partial charge < -0.3 is 10.1 Å². The summed E-state index contributed by atoms with van der Waals surface area (Å²) in [6.45, 7) is 0.0425. The summed E-state index contributed by atoms with van der Waals surface area (Å²) in [5.74, 6) is 0.168. The molecule has 0 saturated heterocycles. The normalized spacial score (nSPS) is 12.6. The number of aryl methyl sites for hydroxylation is 1. The summed E-state index contributed by atoms with van der Waals surface area (Å²) >= 11 is 0. The average Bonchev–Trinajstić information content (AvgIpc) is 2.84. The Morgan fingerprint density at radius 1 is 1.24 bits per heavy atom. The third-order valence-corrected chi connectivity index (χ3v) is 3.14. The number of halogens is 2. The largest absolute Gasteiger partial charge is 0.435 e. The van der Waals surface area contributed by atoms with Gasteiger partial charge in [-0.05, 0) is 30.3 Å². The SMILES string of the molecule is CCNC(Cc1ccn(C)n1)c1ccc(OC(F)F)cc1. The number of nitrogens with one attached hydrogen (secondary N) is 1. The standard InChI is InChI=1S/C15H19F2N3O/c1-3-18-14(10-12-8-9-20(2)19-12)11-4-6-13(7-5-11)21-15(16)17/h4-9,14-15,18H,3,10H2,1-2H3. The number of likely N-dealkylation sites (N-methyl/N-ethyl adjacent to an activating group) is 1. The summed E-state index contributed by atoms with van der Waals surface area (Å²) in [5, 5.41) is 7.75. The van der Waals surface area contributed by atoms with E-state index in [1.54, 1.807) is 28.9 Å². The first-order chi connectivity index (χ1) is 10.1. The van der Waals surface area contributed by atoms with Gasteiger partial charge in [-0.15, -0.1) is 0 Å². The topological polar surface area (TPSA) is 39.1 Å². The summed E-state index contributed by atoms with van der Waals surface area (Å²) in [6, 6.07) is 8.78. The van der Waals surface area contributed by atoms with E-state index in [9.17, 15) is 8.78 Å². The molecule has 114 valence electrons. The molecule has 0 aliphatic rings. The van der Waals surface area contributed by atoms with Crippen LogP contribution < -0.4 is 10.1 Å². The molecular formula is C15H19F2N3O. The zero-order valence-corrected chi connectivity index (χ0v) is 12.1. The van der Waals surface area contributed by atoms with Gasteiger partial charge in [0.15, 0.2) is 0 Å². The maximum absolute atomic E-state index is 12.1. The molecule has 0 amide bonds. The molecule has 1 atom stereocenters. The fraction of sp³-hybridized carbons (Fsp3) is 0.400. The van der Waals surface area contributed by atoms with Crippen LogP contribution in [0.15, 0.2) is 36.5 Å². The second-order valence-electron chi connectivity index (χ2n) is 4.74. The Kier molecular flexibility index (Phi) is 5.27. The molecule has 1 N–H and O–H groups in total. The van der Waals surface area contributed by atoms with E-state index in [-0.39, 0.29) is 11.8 Å². The minimum atomic E-state index is -2.80. The lowest BCUT2D eigenvalue weighted by molar-refractivity contribution is -0.0498. The minimum Gasteiger partial charge on any atom is -0.435 e. The molecule has 0 saturated carbocycles. The van der Waals surface area contributed by atoms with Gasteiger partial charge in [-0.25, -0.2) is 0 Å². The smallest absolute Gasteiger partial charge is 0.387 e. The Morgan fingerprint density at radius 2 is 1.95 bits per heavy atom. The van der Waals surface area contributed by atoms with Crippen molar-refractivity contribution in [2.45, 2.75) is 26.0 Å². The monoisotopic (exact) mass is 295 g/mol. The Bertz CT molecular complexity index is 554. The summed E-state index contributed by atoms with van der Waals surface area (Å²) in [4.78, 5) is 0. The molecule has 2 rings (SSSR count). The first-order valence-corrected chi connectivity index (χ1v) is 6.85. The van der Waals surface area contributed by atoms with Crippen LogP contribution in [0.2, 0.25) is 0 Å². The number of benzene rings is 1. The zero-order valence-electron chi connectivity index (χ0n) is 12.1. The van der Waals surface area contributed by atoms with Crippen LogP contribution in [0.25, 0.3) is 0 Å². The molecule has 0 spiro atoms. The van der Waals surface area contributed by atoms with Crippen LogP contribution in [0.4, 0.5) is 8.78 Å². The van der Waals surface area contributed by atoms with Crippen LogP contribution in [0.3, 0.4) is 0 Å². The van der Waals surface area contributed by atoms with Crippen molar-refractivity contribution in [2.75, 3.05) is 6.54 Å². The Morgan fingerprint density at radius 3 is 2.48 bits per heavy atom. The van der Waals surface area contributed by atoms with Crippen molar-refractivity contribution in [3.05, 3.63) is 47.8 Å². The van der Waals surface area contributed by atoms with Gasteiger partial charge in [0.1, 0.15) is 5.75 Å². The molecular weight excluding hydrogens is 276 g/mol. The molecule has 6 heteroatoms. The van der Waals surface area contributed by atoms with Crippen LogP contribution in [-0.2, 0) is 13.5 Å². The highest BCUT2D eigenvalue weighted by molar-refractivity contribution is 5.30. The highest BCUT2D eigenvalue weighted by atomic mass is 19.3. The van der Waals surface area contributed by atoms with Gasteiger partial charge in [0.2, 0.25) is 0 Å². The van der Waals surface area contributed by atoms with Crippen molar-refractivity contribution >= 4 is 0 Å². The predicted octanol–water partition coefficient (Wildman–Crippen LogP) is 2.91. The van der Waals surface area contributed by atoms with Gasteiger partial charge in [0, 0.05) is 25.7 Å². The average molecular weight is 295 g/mol. The Balaban J connectivity index is 2.10. The predicted molar refractivity (Wildman–Crippen MR) is 76.4 cm³/mol. The first-order valence-electron chi connectivity index (χ1n) is 6.85. The molecule has 4 nitrogen and oxygen atoms in total. The highest BCUT2D eigenvalue weighted by Gasteiger charge is 2.13. The second kappa shape index (κ2) is 7.17. The van der Waals surface area contributed by atoms with Crippen molar-refractivity contribution in [1.29, 1.82) is 0 Å². The van der Waals surface area contributed by atoms with Gasteiger partial charge in [-0.3, -0.25) is 4.68 Å². The molecule has 2 aromatic rings. The molecule has 1 aromatic heterocycles. The summed E-state index contributed by atoms with van der Waals surface area (Å²) < 4.78 is 30.4. The first kappa shape index (κ1) is 15.4. The van der Waals surface area contributed by atoms with Gasteiger partial charge in [-0.1, -0.05) is 19.1 Å². The minimum absolute atomic E-state index is 0.0884. The van der Waals surface area contributed by atoms with Crippen molar-refractivity contribution in [1.82, 2.24) is 15.1 Å². The maximum atomic E-state index is 12.1. The van der Waals surface area contributed by atoms with E-state index in [1.807, 2.05) is 26.2 Å². The molecule has 0 bridgehead atoms. The fourth-order valence-corrected chi connectivity index (χ4v) is 2.22. The van der Waals surface area contributed by atoms with Crippen molar-refractivity contribution in [2.24, 2.45) is 7.05 Å². The van der Waals surface area contributed by atoms with Crippen molar-refractivity contribution in [3.8, 4) is 5.75 Å². The second-order valence-corrected chi connectivity index (χ2v) is 4.74. The lowest BCUT2D eigenvalue weighted by Gasteiger charge is -2.17. The van der Waals surface area contributed by atoms with E-state index in [2.05, 4.69) is 15.2 Å². The number of rotatable bonds is 7. The fourth-order valence-electron chi connectivity index (χ4n) is 2.22. The van der Waals surface area contributed by atoms with E-state index in [0.717, 1.165) is 24.2 Å². The van der Waals surface area contributed by atoms with Crippen LogP contribution in [0.5, 0.6) is 5.75 Å². The van der Waals surface area contributed by atoms with E-state index in [0.29, 0.717) is 0 Å². The lowest BCUT2D eigenvalue weighted by atomic mass is 10.0. The lowest BCUT2D eigenvalue weighted by Crippen LogP contribution is -2.23. The van der Waals surface area contributed by atoms with E-state index < -0.39 is 6.61 Å². The summed E-state index contributed by atoms with van der Waals surface area (Å²) in [6.07, 6.45) is 2.64. The summed E-state index contributed by atoms with van der Waals surface area (Å²) in [7, 11) is 1.88. The van der Waals surface area contributed by atoms with Gasteiger partial charge in [0.25, 0.3) is 0 Å².